The fourth-order valence-electron chi connectivity index (χ4n) is 4.11. The summed E-state index contributed by atoms with van der Waals surface area (Å²) in [7, 11) is 2.07. The number of pyridine rings is 1. The number of anilines is 2. The number of hydrogen-bond acceptors (Lipinski definition) is 3. The molecule has 0 aliphatic carbocycles. The van der Waals surface area contributed by atoms with Crippen LogP contribution in [-0.4, -0.2) is 22.6 Å². The van der Waals surface area contributed by atoms with Gasteiger partial charge in [0.25, 0.3) is 0 Å². The SMILES string of the molecule is Cn1cc(-c2cc3ccc(N4CCCC4)cc3nc2N)c2ccccc21. The molecule has 1 aliphatic rings. The van der Waals surface area contributed by atoms with E-state index in [4.69, 9.17) is 10.7 Å². The van der Waals surface area contributed by atoms with E-state index in [-0.39, 0.29) is 0 Å². The monoisotopic (exact) mass is 342 g/mol. The van der Waals surface area contributed by atoms with Gasteiger partial charge in [0.2, 0.25) is 0 Å². The predicted molar refractivity (Wildman–Crippen MR) is 110 cm³/mol. The molecule has 0 bridgehead atoms. The number of rotatable bonds is 2. The fraction of sp³-hybridized carbons (Fsp3) is 0.227. The van der Waals surface area contributed by atoms with Crippen molar-refractivity contribution in [2.45, 2.75) is 12.8 Å². The molecule has 26 heavy (non-hydrogen) atoms. The van der Waals surface area contributed by atoms with Crippen LogP contribution in [-0.2, 0) is 7.05 Å². The molecule has 1 fully saturated rings. The third kappa shape index (κ3) is 2.33. The number of aromatic nitrogens is 2. The lowest BCUT2D eigenvalue weighted by atomic mass is 10.0. The zero-order valence-electron chi connectivity index (χ0n) is 14.9. The smallest absolute Gasteiger partial charge is 0.132 e. The Labute approximate surface area is 152 Å². The highest BCUT2D eigenvalue weighted by Crippen LogP contribution is 2.35. The van der Waals surface area contributed by atoms with Crippen LogP contribution in [0.1, 0.15) is 12.8 Å². The van der Waals surface area contributed by atoms with Crippen molar-refractivity contribution in [2.24, 2.45) is 7.05 Å². The zero-order chi connectivity index (χ0) is 17.7. The molecule has 2 aromatic carbocycles. The lowest BCUT2D eigenvalue weighted by Crippen LogP contribution is -2.17. The lowest BCUT2D eigenvalue weighted by molar-refractivity contribution is 0.949. The van der Waals surface area contributed by atoms with Gasteiger partial charge in [-0.3, -0.25) is 0 Å². The molecule has 4 nitrogen and oxygen atoms in total. The first-order valence-corrected chi connectivity index (χ1v) is 9.20. The highest BCUT2D eigenvalue weighted by atomic mass is 15.1. The second-order valence-corrected chi connectivity index (χ2v) is 7.16. The number of hydrogen-bond donors (Lipinski definition) is 1. The molecule has 0 spiro atoms. The Balaban J connectivity index is 1.66. The summed E-state index contributed by atoms with van der Waals surface area (Å²) in [5.74, 6) is 0.590. The summed E-state index contributed by atoms with van der Waals surface area (Å²) < 4.78 is 2.14. The number of aryl methyl sites for hydroxylation is 1. The van der Waals surface area contributed by atoms with Gasteiger partial charge in [0.1, 0.15) is 5.82 Å². The summed E-state index contributed by atoms with van der Waals surface area (Å²) in [5, 5.41) is 2.33. The lowest BCUT2D eigenvalue weighted by Gasteiger charge is -2.18. The summed E-state index contributed by atoms with van der Waals surface area (Å²) in [6.45, 7) is 2.27. The van der Waals surface area contributed by atoms with Crippen LogP contribution in [0, 0.1) is 0 Å². The normalized spacial score (nSPS) is 14.6. The topological polar surface area (TPSA) is 47.1 Å². The molecule has 0 amide bonds. The minimum Gasteiger partial charge on any atom is -0.383 e. The van der Waals surface area contributed by atoms with E-state index in [9.17, 15) is 0 Å². The second kappa shape index (κ2) is 5.77. The molecule has 1 aliphatic heterocycles. The highest BCUT2D eigenvalue weighted by Gasteiger charge is 2.15. The van der Waals surface area contributed by atoms with Gasteiger partial charge in [0.15, 0.2) is 0 Å². The molecule has 0 saturated carbocycles. The van der Waals surface area contributed by atoms with Crippen molar-refractivity contribution in [2.75, 3.05) is 23.7 Å². The number of nitrogens with zero attached hydrogens (tertiary/aromatic N) is 3. The maximum absolute atomic E-state index is 6.39. The summed E-state index contributed by atoms with van der Waals surface area (Å²) in [4.78, 5) is 7.17. The Kier molecular flexibility index (Phi) is 3.38. The average molecular weight is 342 g/mol. The van der Waals surface area contributed by atoms with Gasteiger partial charge >= 0.3 is 0 Å². The number of para-hydroxylation sites is 1. The minimum atomic E-state index is 0.590. The fourth-order valence-corrected chi connectivity index (χ4v) is 4.11. The van der Waals surface area contributed by atoms with E-state index in [0.717, 1.165) is 35.1 Å². The molecular weight excluding hydrogens is 320 g/mol. The Morgan fingerprint density at radius 3 is 2.62 bits per heavy atom. The Morgan fingerprint density at radius 1 is 0.962 bits per heavy atom. The van der Waals surface area contributed by atoms with Crippen molar-refractivity contribution in [3.05, 3.63) is 54.7 Å². The number of fused-ring (bicyclic) bond motifs is 2. The van der Waals surface area contributed by atoms with Crippen molar-refractivity contribution in [1.82, 2.24) is 9.55 Å². The third-order valence-electron chi connectivity index (χ3n) is 5.49. The quantitative estimate of drug-likeness (QED) is 0.580. The van der Waals surface area contributed by atoms with Crippen LogP contribution in [0.2, 0.25) is 0 Å². The van der Waals surface area contributed by atoms with Gasteiger partial charge < -0.3 is 15.2 Å². The summed E-state index contributed by atoms with van der Waals surface area (Å²) >= 11 is 0. The van der Waals surface area contributed by atoms with Gasteiger partial charge in [-0.2, -0.15) is 0 Å². The Bertz CT molecular complexity index is 1120. The summed E-state index contributed by atoms with van der Waals surface area (Å²) in [6.07, 6.45) is 4.68. The minimum absolute atomic E-state index is 0.590. The van der Waals surface area contributed by atoms with E-state index in [2.05, 4.69) is 71.2 Å². The van der Waals surface area contributed by atoms with Gasteiger partial charge in [0.05, 0.1) is 5.52 Å². The van der Waals surface area contributed by atoms with Crippen LogP contribution in [0.5, 0.6) is 0 Å². The molecule has 2 N–H and O–H groups in total. The molecular formula is C22H22N4. The van der Waals surface area contributed by atoms with Crippen molar-refractivity contribution in [1.29, 1.82) is 0 Å². The Morgan fingerprint density at radius 2 is 1.77 bits per heavy atom. The summed E-state index contributed by atoms with van der Waals surface area (Å²) in [5.41, 5.74) is 11.9. The first-order valence-electron chi connectivity index (χ1n) is 9.20. The molecule has 3 heterocycles. The van der Waals surface area contributed by atoms with Gasteiger partial charge in [0, 0.05) is 59.4 Å². The molecule has 2 aromatic heterocycles. The van der Waals surface area contributed by atoms with Gasteiger partial charge in [-0.15, -0.1) is 0 Å². The molecule has 0 radical (unpaired) electrons. The number of benzene rings is 2. The van der Waals surface area contributed by atoms with E-state index < -0.39 is 0 Å². The van der Waals surface area contributed by atoms with Crippen LogP contribution in [0.4, 0.5) is 11.5 Å². The van der Waals surface area contributed by atoms with Crippen molar-refractivity contribution < 1.29 is 0 Å². The van der Waals surface area contributed by atoms with Gasteiger partial charge in [-0.1, -0.05) is 24.3 Å². The predicted octanol–water partition coefficient (Wildman–Crippen LogP) is 4.58. The molecule has 0 atom stereocenters. The first kappa shape index (κ1) is 15.3. The Hall–Kier alpha value is -3.01. The van der Waals surface area contributed by atoms with E-state index in [0.29, 0.717) is 5.82 Å². The maximum atomic E-state index is 6.39. The molecule has 0 unspecified atom stereocenters. The van der Waals surface area contributed by atoms with Crippen LogP contribution >= 0.6 is 0 Å². The highest BCUT2D eigenvalue weighted by molar-refractivity contribution is 6.01. The van der Waals surface area contributed by atoms with Crippen molar-refractivity contribution >= 4 is 33.3 Å². The summed E-state index contributed by atoms with van der Waals surface area (Å²) in [6, 6.07) is 17.1. The van der Waals surface area contributed by atoms with Crippen molar-refractivity contribution in [3.63, 3.8) is 0 Å². The largest absolute Gasteiger partial charge is 0.383 e. The van der Waals surface area contributed by atoms with E-state index in [1.54, 1.807) is 0 Å². The van der Waals surface area contributed by atoms with Crippen LogP contribution in [0.3, 0.4) is 0 Å². The molecule has 4 aromatic rings. The first-order chi connectivity index (χ1) is 12.7. The van der Waals surface area contributed by atoms with E-state index in [1.165, 1.54) is 29.4 Å². The van der Waals surface area contributed by atoms with Crippen molar-refractivity contribution in [3.8, 4) is 11.1 Å². The third-order valence-corrected chi connectivity index (χ3v) is 5.49. The number of nitrogen functional groups attached to an aromatic ring is 1. The van der Waals surface area contributed by atoms with E-state index >= 15 is 0 Å². The van der Waals surface area contributed by atoms with Gasteiger partial charge in [-0.25, -0.2) is 4.98 Å². The average Bonchev–Trinajstić information content (AvgIpc) is 3.30. The molecule has 1 saturated heterocycles. The van der Waals surface area contributed by atoms with Crippen LogP contribution < -0.4 is 10.6 Å². The standard InChI is InChI=1S/C22H22N4/c1-25-14-19(17-6-2-3-7-21(17)25)18-12-15-8-9-16(26-10-4-5-11-26)13-20(15)24-22(18)23/h2-3,6-9,12-14H,4-5,10-11H2,1H3,(H2,23,24). The number of nitrogens with two attached hydrogens (primary N) is 1. The van der Waals surface area contributed by atoms with Gasteiger partial charge in [-0.05, 0) is 37.1 Å². The van der Waals surface area contributed by atoms with Crippen LogP contribution in [0.25, 0.3) is 32.9 Å². The molecule has 4 heteroatoms. The zero-order valence-corrected chi connectivity index (χ0v) is 14.9. The molecule has 130 valence electrons. The van der Waals surface area contributed by atoms with E-state index in [1.807, 2.05) is 0 Å². The maximum Gasteiger partial charge on any atom is 0.132 e. The van der Waals surface area contributed by atoms with Crippen LogP contribution in [0.15, 0.2) is 54.7 Å². The second-order valence-electron chi connectivity index (χ2n) is 7.16. The molecule has 5 rings (SSSR count).